The Morgan fingerprint density at radius 3 is 2.11 bits per heavy atom. The normalized spacial score (nSPS) is 49.7. The zero-order valence-electron chi connectivity index (χ0n) is 5.52. The number of hydrogen-bond acceptors (Lipinski definition) is 1. The van der Waals surface area contributed by atoms with E-state index in [1.165, 1.54) is 32.5 Å². The van der Waals surface area contributed by atoms with Crippen molar-refractivity contribution >= 4 is 15.9 Å². The summed E-state index contributed by atoms with van der Waals surface area (Å²) < 4.78 is 0. The average Bonchev–Trinajstić information content (AvgIpc) is 1.90. The lowest BCUT2D eigenvalue weighted by Crippen LogP contribution is -2.47. The van der Waals surface area contributed by atoms with Crippen LogP contribution in [0.25, 0.3) is 0 Å². The van der Waals surface area contributed by atoms with Crippen molar-refractivity contribution < 1.29 is 0 Å². The van der Waals surface area contributed by atoms with E-state index >= 15 is 0 Å². The number of hydrogen-bond donors (Lipinski definition) is 0. The largest absolute Gasteiger partial charge is 0.302 e. The van der Waals surface area contributed by atoms with Gasteiger partial charge in [0.1, 0.15) is 0 Å². The number of rotatable bonds is 0. The summed E-state index contributed by atoms with van der Waals surface area (Å²) in [6.07, 6.45) is 2.85. The molecule has 0 N–H and O–H groups in total. The second kappa shape index (κ2) is 2.24. The molecule has 0 unspecified atom stereocenters. The maximum absolute atomic E-state index is 3.70. The van der Waals surface area contributed by atoms with Gasteiger partial charge in [0.05, 0.1) is 0 Å². The predicted octanol–water partition coefficient (Wildman–Crippen LogP) is 1.48. The maximum atomic E-state index is 3.70. The van der Waals surface area contributed by atoms with Gasteiger partial charge in [-0.15, -0.1) is 0 Å². The summed E-state index contributed by atoms with van der Waals surface area (Å²) in [6.45, 7) is 4.00. The Morgan fingerprint density at radius 1 is 1.22 bits per heavy atom. The molecule has 0 spiro atoms. The highest BCUT2D eigenvalue weighted by Gasteiger charge is 2.31. The van der Waals surface area contributed by atoms with Gasteiger partial charge >= 0.3 is 0 Å². The molecule has 3 aliphatic heterocycles. The van der Waals surface area contributed by atoms with Gasteiger partial charge in [-0.05, 0) is 31.8 Å². The Labute approximate surface area is 64.5 Å². The lowest BCUT2D eigenvalue weighted by molar-refractivity contribution is 0.120. The third-order valence-corrected chi connectivity index (χ3v) is 3.61. The SMILES string of the molecule is Br[C@H]1CN2CCC1CC2. The Kier molecular flexibility index (Phi) is 1.54. The van der Waals surface area contributed by atoms with Crippen molar-refractivity contribution in [2.24, 2.45) is 5.92 Å². The first kappa shape index (κ1) is 6.17. The van der Waals surface area contributed by atoms with Crippen molar-refractivity contribution in [3.8, 4) is 0 Å². The lowest BCUT2D eigenvalue weighted by atomic mass is 9.88. The van der Waals surface area contributed by atoms with Crippen LogP contribution in [0.15, 0.2) is 0 Å². The molecule has 52 valence electrons. The fourth-order valence-electron chi connectivity index (χ4n) is 1.89. The second-order valence-corrected chi connectivity index (χ2v) is 4.33. The molecule has 0 aromatic carbocycles. The molecule has 1 nitrogen and oxygen atoms in total. The smallest absolute Gasteiger partial charge is 0.0302 e. The van der Waals surface area contributed by atoms with Gasteiger partial charge in [-0.25, -0.2) is 0 Å². The standard InChI is InChI=1S/C7H12BrN/c8-7-5-9-3-1-6(7)2-4-9/h6-7H,1-5H2/t7-/m0/s1. The van der Waals surface area contributed by atoms with Gasteiger partial charge in [0.25, 0.3) is 0 Å². The zero-order valence-corrected chi connectivity index (χ0v) is 7.10. The van der Waals surface area contributed by atoms with Crippen molar-refractivity contribution in [3.05, 3.63) is 0 Å². The molecule has 2 heteroatoms. The van der Waals surface area contributed by atoms with E-state index < -0.39 is 0 Å². The van der Waals surface area contributed by atoms with Gasteiger partial charge in [0, 0.05) is 11.4 Å². The molecule has 3 aliphatic rings. The first-order chi connectivity index (χ1) is 4.36. The van der Waals surface area contributed by atoms with Crippen LogP contribution in [0.5, 0.6) is 0 Å². The van der Waals surface area contributed by atoms with Crippen LogP contribution >= 0.6 is 15.9 Å². The molecular weight excluding hydrogens is 178 g/mol. The number of halogens is 1. The molecule has 0 aromatic rings. The van der Waals surface area contributed by atoms with E-state index in [2.05, 4.69) is 20.8 Å². The van der Waals surface area contributed by atoms with Crippen LogP contribution in [0.1, 0.15) is 12.8 Å². The summed E-state index contributed by atoms with van der Waals surface area (Å²) in [5.41, 5.74) is 0. The third-order valence-electron chi connectivity index (χ3n) is 2.58. The minimum Gasteiger partial charge on any atom is -0.302 e. The lowest BCUT2D eigenvalue weighted by Gasteiger charge is -2.42. The van der Waals surface area contributed by atoms with E-state index in [-0.39, 0.29) is 0 Å². The van der Waals surface area contributed by atoms with Crippen LogP contribution in [0.2, 0.25) is 0 Å². The molecule has 0 aliphatic carbocycles. The molecule has 3 saturated heterocycles. The molecule has 0 aromatic heterocycles. The summed E-state index contributed by atoms with van der Waals surface area (Å²) in [5.74, 6) is 0.995. The fourth-order valence-corrected chi connectivity index (χ4v) is 2.83. The number of piperidine rings is 3. The van der Waals surface area contributed by atoms with Crippen LogP contribution < -0.4 is 0 Å². The second-order valence-electron chi connectivity index (χ2n) is 3.15. The van der Waals surface area contributed by atoms with Gasteiger partial charge in [-0.1, -0.05) is 15.9 Å². The fraction of sp³-hybridized carbons (Fsp3) is 1.00. The zero-order chi connectivity index (χ0) is 6.27. The van der Waals surface area contributed by atoms with Crippen molar-refractivity contribution in [3.63, 3.8) is 0 Å². The van der Waals surface area contributed by atoms with Crippen LogP contribution in [0.4, 0.5) is 0 Å². The predicted molar refractivity (Wildman–Crippen MR) is 41.9 cm³/mol. The molecule has 3 heterocycles. The van der Waals surface area contributed by atoms with Gasteiger partial charge in [-0.3, -0.25) is 0 Å². The third kappa shape index (κ3) is 1.03. The maximum Gasteiger partial charge on any atom is 0.0302 e. The summed E-state index contributed by atoms with van der Waals surface area (Å²) in [4.78, 5) is 3.36. The van der Waals surface area contributed by atoms with Crippen molar-refractivity contribution in [2.75, 3.05) is 19.6 Å². The molecule has 2 bridgehead atoms. The topological polar surface area (TPSA) is 3.24 Å². The summed E-state index contributed by atoms with van der Waals surface area (Å²) in [5, 5.41) is 0. The molecule has 3 rings (SSSR count). The van der Waals surface area contributed by atoms with Gasteiger partial charge in [0.2, 0.25) is 0 Å². The monoisotopic (exact) mass is 189 g/mol. The van der Waals surface area contributed by atoms with Crippen LogP contribution in [0, 0.1) is 5.92 Å². The number of fused-ring (bicyclic) bond motifs is 3. The van der Waals surface area contributed by atoms with Crippen LogP contribution in [-0.2, 0) is 0 Å². The highest BCUT2D eigenvalue weighted by atomic mass is 79.9. The van der Waals surface area contributed by atoms with Gasteiger partial charge in [0.15, 0.2) is 0 Å². The van der Waals surface area contributed by atoms with Gasteiger partial charge in [-0.2, -0.15) is 0 Å². The van der Waals surface area contributed by atoms with Crippen LogP contribution in [0.3, 0.4) is 0 Å². The van der Waals surface area contributed by atoms with E-state index in [0.717, 1.165) is 10.7 Å². The number of alkyl halides is 1. The Bertz CT molecular complexity index is 107. The van der Waals surface area contributed by atoms with E-state index in [4.69, 9.17) is 0 Å². The summed E-state index contributed by atoms with van der Waals surface area (Å²) in [7, 11) is 0. The van der Waals surface area contributed by atoms with E-state index in [0.29, 0.717) is 0 Å². The first-order valence-corrected chi connectivity index (χ1v) is 4.64. The summed E-state index contributed by atoms with van der Waals surface area (Å²) >= 11 is 3.70. The highest BCUT2D eigenvalue weighted by molar-refractivity contribution is 9.09. The van der Waals surface area contributed by atoms with Crippen molar-refractivity contribution in [2.45, 2.75) is 17.7 Å². The molecule has 1 atom stereocenters. The Morgan fingerprint density at radius 2 is 1.89 bits per heavy atom. The minimum absolute atomic E-state index is 0.806. The molecule has 9 heavy (non-hydrogen) atoms. The molecule has 0 saturated carbocycles. The van der Waals surface area contributed by atoms with Gasteiger partial charge < -0.3 is 4.90 Å². The van der Waals surface area contributed by atoms with E-state index in [9.17, 15) is 0 Å². The molecular formula is C7H12BrN. The first-order valence-electron chi connectivity index (χ1n) is 3.72. The number of nitrogens with zero attached hydrogens (tertiary/aromatic N) is 1. The van der Waals surface area contributed by atoms with E-state index in [1.54, 1.807) is 0 Å². The summed E-state index contributed by atoms with van der Waals surface area (Å²) in [6, 6.07) is 0. The van der Waals surface area contributed by atoms with Crippen molar-refractivity contribution in [1.82, 2.24) is 4.90 Å². The average molecular weight is 190 g/mol. The molecule has 0 radical (unpaired) electrons. The minimum atomic E-state index is 0.806. The van der Waals surface area contributed by atoms with E-state index in [1.807, 2.05) is 0 Å². The Hall–Kier alpha value is 0.440. The molecule has 0 amide bonds. The quantitative estimate of drug-likeness (QED) is 0.523. The Balaban J connectivity index is 2.06. The highest BCUT2D eigenvalue weighted by Crippen LogP contribution is 2.31. The van der Waals surface area contributed by atoms with Crippen molar-refractivity contribution in [1.29, 1.82) is 0 Å². The molecule has 3 fully saturated rings. The van der Waals surface area contributed by atoms with Crippen LogP contribution in [-0.4, -0.2) is 29.4 Å².